The maximum atomic E-state index is 12.5. The average molecular weight is 284 g/mol. The standard InChI is InChI=1S/C17H33NO2/c1-6-7-8-11-16(2,3)15(19)20-17(4,5)14-9-12-18-13-10-14/h14,18H,6-13H2,1-5H3/p+1. The number of ether oxygens (including phenoxy) is 1. The third-order valence-corrected chi connectivity index (χ3v) is 4.74. The van der Waals surface area contributed by atoms with E-state index in [0.29, 0.717) is 5.92 Å². The van der Waals surface area contributed by atoms with Gasteiger partial charge in [0.15, 0.2) is 0 Å². The summed E-state index contributed by atoms with van der Waals surface area (Å²) in [6.07, 6.45) is 6.71. The fourth-order valence-electron chi connectivity index (χ4n) is 3.00. The van der Waals surface area contributed by atoms with Crippen LogP contribution in [0.3, 0.4) is 0 Å². The Hall–Kier alpha value is -0.570. The first-order valence-electron chi connectivity index (χ1n) is 8.34. The van der Waals surface area contributed by atoms with Gasteiger partial charge in [-0.15, -0.1) is 0 Å². The van der Waals surface area contributed by atoms with Gasteiger partial charge in [-0.1, -0.05) is 26.2 Å². The molecule has 0 aromatic carbocycles. The van der Waals surface area contributed by atoms with Crippen LogP contribution >= 0.6 is 0 Å². The topological polar surface area (TPSA) is 42.9 Å². The maximum absolute atomic E-state index is 12.5. The van der Waals surface area contributed by atoms with Crippen molar-refractivity contribution in [3.8, 4) is 0 Å². The van der Waals surface area contributed by atoms with Crippen LogP contribution in [0, 0.1) is 11.3 Å². The van der Waals surface area contributed by atoms with Gasteiger partial charge in [0.2, 0.25) is 0 Å². The van der Waals surface area contributed by atoms with Gasteiger partial charge in [0.25, 0.3) is 0 Å². The molecule has 0 atom stereocenters. The number of piperidine rings is 1. The molecule has 1 aliphatic heterocycles. The molecule has 20 heavy (non-hydrogen) atoms. The van der Waals surface area contributed by atoms with Gasteiger partial charge in [0.05, 0.1) is 18.5 Å². The van der Waals surface area contributed by atoms with Crippen LogP contribution in [-0.4, -0.2) is 24.7 Å². The Labute approximate surface area is 124 Å². The molecule has 0 spiro atoms. The molecular weight excluding hydrogens is 250 g/mol. The number of unbranched alkanes of at least 4 members (excludes halogenated alkanes) is 2. The van der Waals surface area contributed by atoms with Crippen molar-refractivity contribution in [2.24, 2.45) is 11.3 Å². The van der Waals surface area contributed by atoms with E-state index in [-0.39, 0.29) is 17.0 Å². The van der Waals surface area contributed by atoms with Crippen molar-refractivity contribution in [3.05, 3.63) is 0 Å². The highest BCUT2D eigenvalue weighted by molar-refractivity contribution is 5.76. The number of nitrogens with two attached hydrogens (primary N) is 1. The number of esters is 1. The Morgan fingerprint density at radius 1 is 1.15 bits per heavy atom. The predicted molar refractivity (Wildman–Crippen MR) is 82.5 cm³/mol. The zero-order valence-electron chi connectivity index (χ0n) is 14.1. The Bertz CT molecular complexity index is 304. The van der Waals surface area contributed by atoms with Gasteiger partial charge in [-0.05, 0) is 34.1 Å². The number of hydrogen-bond acceptors (Lipinski definition) is 2. The lowest BCUT2D eigenvalue weighted by Crippen LogP contribution is -2.86. The van der Waals surface area contributed by atoms with E-state index in [1.54, 1.807) is 0 Å². The first-order chi connectivity index (χ1) is 9.29. The fraction of sp³-hybridized carbons (Fsp3) is 0.941. The van der Waals surface area contributed by atoms with Crippen molar-refractivity contribution < 1.29 is 14.8 Å². The zero-order valence-corrected chi connectivity index (χ0v) is 14.1. The molecule has 3 nitrogen and oxygen atoms in total. The van der Waals surface area contributed by atoms with E-state index in [1.807, 2.05) is 13.8 Å². The molecule has 1 aliphatic rings. The highest BCUT2D eigenvalue weighted by Crippen LogP contribution is 2.33. The fourth-order valence-corrected chi connectivity index (χ4v) is 3.00. The number of carbonyl (C=O) groups is 1. The number of rotatable bonds is 7. The number of carbonyl (C=O) groups excluding carboxylic acids is 1. The van der Waals surface area contributed by atoms with E-state index in [9.17, 15) is 4.79 Å². The minimum Gasteiger partial charge on any atom is -0.459 e. The summed E-state index contributed by atoms with van der Waals surface area (Å²) in [6.45, 7) is 12.7. The minimum absolute atomic E-state index is 0.0202. The quantitative estimate of drug-likeness (QED) is 0.577. The first-order valence-corrected chi connectivity index (χ1v) is 8.34. The van der Waals surface area contributed by atoms with Gasteiger partial charge < -0.3 is 10.1 Å². The molecule has 1 fully saturated rings. The van der Waals surface area contributed by atoms with Gasteiger partial charge in [-0.3, -0.25) is 4.79 Å². The van der Waals surface area contributed by atoms with E-state index in [0.717, 1.165) is 38.8 Å². The molecule has 0 aromatic heterocycles. The maximum Gasteiger partial charge on any atom is 0.312 e. The third kappa shape index (κ3) is 5.08. The van der Waals surface area contributed by atoms with Crippen molar-refractivity contribution in [1.29, 1.82) is 0 Å². The number of quaternary nitrogens is 1. The Morgan fingerprint density at radius 2 is 1.75 bits per heavy atom. The van der Waals surface area contributed by atoms with E-state index in [4.69, 9.17) is 4.74 Å². The largest absolute Gasteiger partial charge is 0.459 e. The Kier molecular flexibility index (Phi) is 6.50. The normalized spacial score (nSPS) is 18.1. The van der Waals surface area contributed by atoms with Crippen LogP contribution < -0.4 is 5.32 Å². The van der Waals surface area contributed by atoms with Gasteiger partial charge in [-0.2, -0.15) is 0 Å². The molecule has 0 bridgehead atoms. The second-order valence-corrected chi connectivity index (χ2v) is 7.47. The average Bonchev–Trinajstić information content (AvgIpc) is 2.39. The third-order valence-electron chi connectivity index (χ3n) is 4.74. The second kappa shape index (κ2) is 7.44. The molecule has 3 heteroatoms. The molecule has 0 unspecified atom stereocenters. The lowest BCUT2D eigenvalue weighted by molar-refractivity contribution is -0.665. The van der Waals surface area contributed by atoms with Crippen molar-refractivity contribution >= 4 is 5.97 Å². The van der Waals surface area contributed by atoms with E-state index in [1.165, 1.54) is 12.8 Å². The molecular formula is C17H34NO2+. The first kappa shape index (κ1) is 17.5. The summed E-state index contributed by atoms with van der Waals surface area (Å²) in [5.41, 5.74) is -0.680. The molecule has 0 aliphatic carbocycles. The van der Waals surface area contributed by atoms with Crippen molar-refractivity contribution in [2.45, 2.75) is 78.7 Å². The lowest BCUT2D eigenvalue weighted by Gasteiger charge is -2.38. The highest BCUT2D eigenvalue weighted by Gasteiger charge is 2.39. The lowest BCUT2D eigenvalue weighted by atomic mass is 9.82. The molecule has 0 aromatic rings. The van der Waals surface area contributed by atoms with Crippen LogP contribution in [-0.2, 0) is 9.53 Å². The SMILES string of the molecule is CCCCCC(C)(C)C(=O)OC(C)(C)C1CC[NH2+]CC1. The van der Waals surface area contributed by atoms with Crippen LogP contribution in [0.4, 0.5) is 0 Å². The molecule has 1 rings (SSSR count). The van der Waals surface area contributed by atoms with Crippen molar-refractivity contribution in [2.75, 3.05) is 13.1 Å². The summed E-state index contributed by atoms with van der Waals surface area (Å²) in [7, 11) is 0. The number of hydrogen-bond donors (Lipinski definition) is 1. The molecule has 0 saturated carbocycles. The van der Waals surface area contributed by atoms with Gasteiger partial charge >= 0.3 is 5.97 Å². The smallest absolute Gasteiger partial charge is 0.312 e. The summed E-state index contributed by atoms with van der Waals surface area (Å²) in [4.78, 5) is 12.5. The molecule has 1 heterocycles. The minimum atomic E-state index is -0.354. The van der Waals surface area contributed by atoms with Crippen molar-refractivity contribution in [1.82, 2.24) is 0 Å². The Balaban J connectivity index is 2.53. The summed E-state index contributed by atoms with van der Waals surface area (Å²) >= 11 is 0. The molecule has 1 saturated heterocycles. The van der Waals surface area contributed by atoms with Crippen LogP contribution in [0.25, 0.3) is 0 Å². The molecule has 0 amide bonds. The summed E-state index contributed by atoms with van der Waals surface area (Å²) in [5, 5.41) is 2.35. The van der Waals surface area contributed by atoms with Crippen LogP contribution in [0.5, 0.6) is 0 Å². The molecule has 118 valence electrons. The van der Waals surface area contributed by atoms with Crippen LogP contribution in [0.2, 0.25) is 0 Å². The van der Waals surface area contributed by atoms with Gasteiger partial charge in [0, 0.05) is 18.8 Å². The van der Waals surface area contributed by atoms with E-state index < -0.39 is 0 Å². The molecule has 0 radical (unpaired) electrons. The monoisotopic (exact) mass is 284 g/mol. The Morgan fingerprint density at radius 3 is 2.30 bits per heavy atom. The van der Waals surface area contributed by atoms with E-state index >= 15 is 0 Å². The van der Waals surface area contributed by atoms with Crippen LogP contribution in [0.1, 0.15) is 73.1 Å². The summed E-state index contributed by atoms with van der Waals surface area (Å²) < 4.78 is 5.92. The second-order valence-electron chi connectivity index (χ2n) is 7.47. The van der Waals surface area contributed by atoms with Crippen molar-refractivity contribution in [3.63, 3.8) is 0 Å². The van der Waals surface area contributed by atoms with Crippen LogP contribution in [0.15, 0.2) is 0 Å². The zero-order chi connectivity index (χ0) is 15.2. The summed E-state index contributed by atoms with van der Waals surface area (Å²) in [6, 6.07) is 0. The predicted octanol–water partition coefficient (Wildman–Crippen LogP) is 2.89. The van der Waals surface area contributed by atoms with E-state index in [2.05, 4.69) is 26.1 Å². The highest BCUT2D eigenvalue weighted by atomic mass is 16.6. The molecule has 2 N–H and O–H groups in total. The van der Waals surface area contributed by atoms with Gasteiger partial charge in [-0.25, -0.2) is 0 Å². The summed E-state index contributed by atoms with van der Waals surface area (Å²) in [5.74, 6) is 0.482. The van der Waals surface area contributed by atoms with Gasteiger partial charge in [0.1, 0.15) is 5.60 Å².